The van der Waals surface area contributed by atoms with E-state index in [4.69, 9.17) is 4.74 Å². The summed E-state index contributed by atoms with van der Waals surface area (Å²) in [6.07, 6.45) is 5.11. The molecule has 0 radical (unpaired) electrons. The summed E-state index contributed by atoms with van der Waals surface area (Å²) in [7, 11) is 1.83. The van der Waals surface area contributed by atoms with Gasteiger partial charge in [0.25, 0.3) is 0 Å². The molecule has 2 heterocycles. The van der Waals surface area contributed by atoms with E-state index in [2.05, 4.69) is 32.0 Å². The number of rotatable bonds is 4. The van der Waals surface area contributed by atoms with Gasteiger partial charge in [-0.05, 0) is 29.7 Å². The van der Waals surface area contributed by atoms with Gasteiger partial charge < -0.3 is 14.6 Å². The van der Waals surface area contributed by atoms with Crippen LogP contribution in [-0.2, 0) is 16.0 Å². The Kier molecular flexibility index (Phi) is 4.59. The molecular weight excluding hydrogens is 346 g/mol. The third kappa shape index (κ3) is 3.39. The number of imidazole rings is 1. The highest BCUT2D eigenvalue weighted by atomic mass is 79.9. The van der Waals surface area contributed by atoms with Crippen molar-refractivity contribution in [3.05, 3.63) is 40.1 Å². The van der Waals surface area contributed by atoms with Crippen LogP contribution in [0.15, 0.2) is 34.6 Å². The number of amides is 1. The van der Waals surface area contributed by atoms with Crippen LogP contribution in [0.4, 0.5) is 0 Å². The summed E-state index contributed by atoms with van der Waals surface area (Å²) < 4.78 is 6.33. The predicted molar refractivity (Wildman–Crippen MR) is 88.7 cm³/mol. The first-order valence-electron chi connectivity index (χ1n) is 7.24. The fraction of sp³-hybridized carbons (Fsp3) is 0.375. The Balaban J connectivity index is 1.69. The van der Waals surface area contributed by atoms with Gasteiger partial charge in [-0.15, -0.1) is 0 Å². The molecule has 5 nitrogen and oxygen atoms in total. The number of nitrogens with one attached hydrogen (secondary N) is 1. The van der Waals surface area contributed by atoms with E-state index in [0.717, 1.165) is 34.1 Å². The van der Waals surface area contributed by atoms with E-state index in [9.17, 15) is 4.79 Å². The maximum absolute atomic E-state index is 12.4. The van der Waals surface area contributed by atoms with E-state index >= 15 is 0 Å². The number of likely N-dealkylation sites (N-methyl/N-ethyl adjacent to an activating group) is 1. The molecule has 2 aromatic rings. The molecule has 1 aliphatic rings. The summed E-state index contributed by atoms with van der Waals surface area (Å²) in [5.74, 6) is 0.0889. The number of H-pyrrole nitrogens is 1. The molecule has 22 heavy (non-hydrogen) atoms. The van der Waals surface area contributed by atoms with Crippen molar-refractivity contribution in [2.45, 2.75) is 12.8 Å². The van der Waals surface area contributed by atoms with Crippen molar-refractivity contribution in [1.29, 1.82) is 0 Å². The van der Waals surface area contributed by atoms with Crippen molar-refractivity contribution >= 4 is 32.9 Å². The van der Waals surface area contributed by atoms with Gasteiger partial charge in [-0.3, -0.25) is 4.79 Å². The third-order valence-electron chi connectivity index (χ3n) is 3.78. The molecular formula is C16H18BrN3O2. The second-order valence-corrected chi connectivity index (χ2v) is 6.35. The molecule has 1 aromatic carbocycles. The summed E-state index contributed by atoms with van der Waals surface area (Å²) in [5, 5.41) is 0. The fourth-order valence-electron chi connectivity index (χ4n) is 2.55. The summed E-state index contributed by atoms with van der Waals surface area (Å²) >= 11 is 3.52. The van der Waals surface area contributed by atoms with Crippen LogP contribution in [0.5, 0.6) is 0 Å². The van der Waals surface area contributed by atoms with Crippen molar-refractivity contribution in [2.75, 3.05) is 26.8 Å². The summed E-state index contributed by atoms with van der Waals surface area (Å²) in [5.41, 5.74) is 3.96. The number of hydrogen-bond acceptors (Lipinski definition) is 3. The topological polar surface area (TPSA) is 58.2 Å². The fourth-order valence-corrected chi connectivity index (χ4v) is 3.02. The van der Waals surface area contributed by atoms with Crippen LogP contribution in [0.1, 0.15) is 12.0 Å². The number of nitrogens with zero attached hydrogens (tertiary/aromatic N) is 2. The lowest BCUT2D eigenvalue weighted by molar-refractivity contribution is -0.128. The Morgan fingerprint density at radius 1 is 1.50 bits per heavy atom. The van der Waals surface area contributed by atoms with Gasteiger partial charge in [0.2, 0.25) is 5.91 Å². The Morgan fingerprint density at radius 3 is 3.14 bits per heavy atom. The minimum atomic E-state index is 0.0889. The number of ether oxygens (including phenoxy) is 1. The van der Waals surface area contributed by atoms with Gasteiger partial charge in [0.05, 0.1) is 37.0 Å². The van der Waals surface area contributed by atoms with E-state index in [0.29, 0.717) is 19.6 Å². The molecule has 0 spiro atoms. The maximum Gasteiger partial charge on any atom is 0.227 e. The van der Waals surface area contributed by atoms with Gasteiger partial charge in [-0.25, -0.2) is 4.98 Å². The van der Waals surface area contributed by atoms with Crippen LogP contribution >= 0.6 is 15.9 Å². The van der Waals surface area contributed by atoms with Gasteiger partial charge in [0, 0.05) is 18.1 Å². The number of hydrogen-bond donors (Lipinski definition) is 1. The van der Waals surface area contributed by atoms with Crippen LogP contribution in [0.3, 0.4) is 0 Å². The monoisotopic (exact) mass is 363 g/mol. The number of aromatic amines is 1. The molecule has 0 aliphatic carbocycles. The zero-order valence-electron chi connectivity index (χ0n) is 12.4. The quantitative estimate of drug-likeness (QED) is 0.849. The lowest BCUT2D eigenvalue weighted by Crippen LogP contribution is -2.31. The predicted octanol–water partition coefficient (Wildman–Crippen LogP) is 2.67. The number of fused-ring (bicyclic) bond motifs is 1. The van der Waals surface area contributed by atoms with Gasteiger partial charge >= 0.3 is 0 Å². The van der Waals surface area contributed by atoms with Gasteiger partial charge in [-0.2, -0.15) is 0 Å². The molecule has 0 bridgehead atoms. The van der Waals surface area contributed by atoms with Crippen LogP contribution in [0, 0.1) is 0 Å². The SMILES string of the molecule is CN(CC1=CCCOC1)C(=O)Cc1cc2[nH]cnc2cc1Br. The lowest BCUT2D eigenvalue weighted by Gasteiger charge is -2.21. The molecule has 0 atom stereocenters. The van der Waals surface area contributed by atoms with E-state index < -0.39 is 0 Å². The van der Waals surface area contributed by atoms with E-state index in [1.807, 2.05) is 19.2 Å². The summed E-state index contributed by atoms with van der Waals surface area (Å²) in [6.45, 7) is 2.03. The zero-order chi connectivity index (χ0) is 15.5. The number of carbonyl (C=O) groups excluding carboxylic acids is 1. The minimum Gasteiger partial charge on any atom is -0.377 e. The Morgan fingerprint density at radius 2 is 2.36 bits per heavy atom. The first-order chi connectivity index (χ1) is 10.6. The van der Waals surface area contributed by atoms with Gasteiger partial charge in [-0.1, -0.05) is 22.0 Å². The molecule has 1 aliphatic heterocycles. The molecule has 6 heteroatoms. The van der Waals surface area contributed by atoms with Crippen LogP contribution in [-0.4, -0.2) is 47.6 Å². The number of halogens is 1. The number of aromatic nitrogens is 2. The molecule has 1 amide bonds. The first-order valence-corrected chi connectivity index (χ1v) is 8.04. The largest absolute Gasteiger partial charge is 0.377 e. The normalized spacial score (nSPS) is 14.9. The van der Waals surface area contributed by atoms with Crippen molar-refractivity contribution in [3.63, 3.8) is 0 Å². The molecule has 0 fully saturated rings. The molecule has 3 rings (SSSR count). The lowest BCUT2D eigenvalue weighted by atomic mass is 10.1. The average Bonchev–Trinajstić information content (AvgIpc) is 2.95. The average molecular weight is 364 g/mol. The molecule has 0 unspecified atom stereocenters. The highest BCUT2D eigenvalue weighted by Crippen LogP contribution is 2.23. The van der Waals surface area contributed by atoms with Gasteiger partial charge in [0.1, 0.15) is 0 Å². The molecule has 1 aromatic heterocycles. The van der Waals surface area contributed by atoms with Crippen LogP contribution in [0.25, 0.3) is 11.0 Å². The van der Waals surface area contributed by atoms with E-state index in [1.54, 1.807) is 11.2 Å². The summed E-state index contributed by atoms with van der Waals surface area (Å²) in [4.78, 5) is 21.5. The van der Waals surface area contributed by atoms with E-state index in [-0.39, 0.29) is 5.91 Å². The Hall–Kier alpha value is -1.66. The highest BCUT2D eigenvalue weighted by molar-refractivity contribution is 9.10. The zero-order valence-corrected chi connectivity index (χ0v) is 14.0. The third-order valence-corrected chi connectivity index (χ3v) is 4.52. The van der Waals surface area contributed by atoms with Crippen molar-refractivity contribution in [3.8, 4) is 0 Å². The van der Waals surface area contributed by atoms with Crippen molar-refractivity contribution < 1.29 is 9.53 Å². The Bertz CT molecular complexity index is 723. The molecule has 1 N–H and O–H groups in total. The van der Waals surface area contributed by atoms with Crippen LogP contribution in [0.2, 0.25) is 0 Å². The number of carbonyl (C=O) groups is 1. The standard InChI is InChI=1S/C16H18BrN3O2/c1-20(8-11-3-2-4-22-9-11)16(21)6-12-5-14-15(7-13(12)17)19-10-18-14/h3,5,7,10H,2,4,6,8-9H2,1H3,(H,18,19). The second-order valence-electron chi connectivity index (χ2n) is 5.49. The minimum absolute atomic E-state index is 0.0889. The maximum atomic E-state index is 12.4. The molecule has 116 valence electrons. The second kappa shape index (κ2) is 6.62. The number of benzene rings is 1. The summed E-state index contributed by atoms with van der Waals surface area (Å²) in [6, 6.07) is 3.91. The Labute approximate surface area is 137 Å². The van der Waals surface area contributed by atoms with Crippen molar-refractivity contribution in [2.24, 2.45) is 0 Å². The van der Waals surface area contributed by atoms with E-state index in [1.165, 1.54) is 5.57 Å². The molecule has 0 saturated heterocycles. The van der Waals surface area contributed by atoms with Crippen molar-refractivity contribution in [1.82, 2.24) is 14.9 Å². The van der Waals surface area contributed by atoms with Crippen LogP contribution < -0.4 is 0 Å². The smallest absolute Gasteiger partial charge is 0.227 e. The van der Waals surface area contributed by atoms with Gasteiger partial charge in [0.15, 0.2) is 0 Å². The molecule has 0 saturated carbocycles. The highest BCUT2D eigenvalue weighted by Gasteiger charge is 2.15. The first kappa shape index (κ1) is 15.2.